The first-order valence-corrected chi connectivity index (χ1v) is 12.6. The average Bonchev–Trinajstić information content (AvgIpc) is 2.99. The van der Waals surface area contributed by atoms with E-state index < -0.39 is 60.5 Å². The fourth-order valence-corrected chi connectivity index (χ4v) is 3.91. The molecular formula is C28H17F17N2. The number of aromatic nitrogens is 1. The summed E-state index contributed by atoms with van der Waals surface area (Å²) in [5, 5.41) is 0. The maximum Gasteiger partial charge on any atom is 0.460 e. The van der Waals surface area contributed by atoms with Gasteiger partial charge in [-0.15, -0.1) is 0 Å². The molecule has 3 aromatic rings. The fourth-order valence-electron chi connectivity index (χ4n) is 3.91. The molecule has 258 valence electrons. The number of alkyl halides is 17. The topological polar surface area (TPSA) is 25.2 Å². The van der Waals surface area contributed by atoms with Crippen LogP contribution in [0, 0.1) is 0 Å². The summed E-state index contributed by atoms with van der Waals surface area (Å²) >= 11 is 0. The number of nitrogens with zero attached hydrogens (tertiary/aromatic N) is 2. The summed E-state index contributed by atoms with van der Waals surface area (Å²) in [5.41, 5.74) is 0.623. The van der Waals surface area contributed by atoms with Crippen molar-refractivity contribution in [2.45, 2.75) is 60.5 Å². The van der Waals surface area contributed by atoms with Crippen molar-refractivity contribution >= 4 is 11.5 Å². The summed E-state index contributed by atoms with van der Waals surface area (Å²) in [6, 6.07) is 17.1. The number of aryl methyl sites for hydroxylation is 1. The van der Waals surface area contributed by atoms with Gasteiger partial charge in [0.05, 0.1) is 5.71 Å². The van der Waals surface area contributed by atoms with Crippen LogP contribution in [-0.2, 0) is 6.42 Å². The molecule has 0 aliphatic heterocycles. The number of rotatable bonds is 12. The Morgan fingerprint density at radius 1 is 0.489 bits per heavy atom. The van der Waals surface area contributed by atoms with Crippen LogP contribution in [0.3, 0.4) is 0 Å². The highest BCUT2D eigenvalue weighted by Crippen LogP contribution is 2.64. The molecule has 19 heteroatoms. The Morgan fingerprint density at radius 2 is 0.936 bits per heavy atom. The van der Waals surface area contributed by atoms with Crippen molar-refractivity contribution in [3.8, 4) is 0 Å². The molecule has 0 fully saturated rings. The Labute approximate surface area is 252 Å². The second-order valence-corrected chi connectivity index (χ2v) is 9.86. The molecule has 0 bridgehead atoms. The Morgan fingerprint density at radius 3 is 1.40 bits per heavy atom. The smallest absolute Gasteiger partial charge is 0.237 e. The van der Waals surface area contributed by atoms with Gasteiger partial charge in [0, 0.05) is 23.7 Å². The van der Waals surface area contributed by atoms with Gasteiger partial charge >= 0.3 is 47.6 Å². The van der Waals surface area contributed by atoms with E-state index in [1.165, 1.54) is 24.4 Å². The highest BCUT2D eigenvalue weighted by Gasteiger charge is 2.95. The zero-order valence-electron chi connectivity index (χ0n) is 22.7. The maximum atomic E-state index is 14.3. The number of hydrogen-bond donors (Lipinski definition) is 0. The van der Waals surface area contributed by atoms with E-state index in [1.54, 1.807) is 42.5 Å². The largest absolute Gasteiger partial charge is 0.460 e. The van der Waals surface area contributed by atoms with Crippen LogP contribution in [0.4, 0.5) is 80.5 Å². The van der Waals surface area contributed by atoms with Crippen LogP contribution in [0.2, 0.25) is 0 Å². The van der Waals surface area contributed by atoms with Gasteiger partial charge in [-0.3, -0.25) is 0 Å². The van der Waals surface area contributed by atoms with Crippen molar-refractivity contribution in [3.05, 3.63) is 95.7 Å². The van der Waals surface area contributed by atoms with Crippen molar-refractivity contribution < 1.29 is 74.6 Å². The number of hydrogen-bond acceptors (Lipinski definition) is 2. The van der Waals surface area contributed by atoms with Crippen molar-refractivity contribution in [2.75, 3.05) is 0 Å². The van der Waals surface area contributed by atoms with Gasteiger partial charge in [-0.25, -0.2) is 9.98 Å². The second-order valence-electron chi connectivity index (χ2n) is 9.86. The van der Waals surface area contributed by atoms with E-state index in [0.29, 0.717) is 5.56 Å². The summed E-state index contributed by atoms with van der Waals surface area (Å²) in [4.78, 5) is 8.39. The molecule has 1 heterocycles. The third-order valence-electron chi connectivity index (χ3n) is 6.66. The van der Waals surface area contributed by atoms with Crippen LogP contribution in [0.1, 0.15) is 23.1 Å². The molecular weight excluding hydrogens is 687 g/mol. The summed E-state index contributed by atoms with van der Waals surface area (Å²) in [5.74, 6) is -56.2. The molecule has 0 spiro atoms. The summed E-state index contributed by atoms with van der Waals surface area (Å²) in [6.07, 6.45) is -10.3. The lowest BCUT2D eigenvalue weighted by molar-refractivity contribution is -0.461. The van der Waals surface area contributed by atoms with E-state index in [4.69, 9.17) is 0 Å². The summed E-state index contributed by atoms with van der Waals surface area (Å²) in [6.45, 7) is 0. The predicted octanol–water partition coefficient (Wildman–Crippen LogP) is 10.2. The molecule has 3 rings (SSSR count). The molecule has 0 saturated carbocycles. The summed E-state index contributed by atoms with van der Waals surface area (Å²) < 4.78 is 230. The normalized spacial score (nSPS) is 14.8. The Kier molecular flexibility index (Phi) is 9.79. The molecule has 2 nitrogen and oxygen atoms in total. The van der Waals surface area contributed by atoms with E-state index in [-0.39, 0.29) is 22.7 Å². The lowest BCUT2D eigenvalue weighted by Crippen LogP contribution is -2.74. The van der Waals surface area contributed by atoms with Crippen LogP contribution in [0.25, 0.3) is 0 Å². The molecule has 0 aliphatic carbocycles. The summed E-state index contributed by atoms with van der Waals surface area (Å²) in [7, 11) is 0. The first-order chi connectivity index (χ1) is 21.3. The van der Waals surface area contributed by atoms with Gasteiger partial charge in [-0.2, -0.15) is 74.6 Å². The highest BCUT2D eigenvalue weighted by atomic mass is 19.4. The van der Waals surface area contributed by atoms with Crippen molar-refractivity contribution in [1.82, 2.24) is 4.98 Å². The van der Waals surface area contributed by atoms with E-state index in [0.717, 1.165) is 12.1 Å². The molecule has 1 aromatic heterocycles. The van der Waals surface area contributed by atoms with Crippen molar-refractivity contribution in [2.24, 2.45) is 4.99 Å². The first kappa shape index (κ1) is 37.5. The number of halogens is 17. The molecule has 0 radical (unpaired) electrons. The minimum atomic E-state index is -8.65. The van der Waals surface area contributed by atoms with Crippen LogP contribution >= 0.6 is 0 Å². The molecule has 47 heavy (non-hydrogen) atoms. The predicted molar refractivity (Wildman–Crippen MR) is 131 cm³/mol. The van der Waals surface area contributed by atoms with E-state index in [1.807, 2.05) is 0 Å². The molecule has 0 N–H and O–H groups in total. The van der Waals surface area contributed by atoms with Crippen molar-refractivity contribution in [1.29, 1.82) is 0 Å². The van der Waals surface area contributed by atoms with Gasteiger partial charge in [0.15, 0.2) is 5.82 Å². The third-order valence-corrected chi connectivity index (χ3v) is 6.66. The van der Waals surface area contributed by atoms with Gasteiger partial charge in [0.25, 0.3) is 0 Å². The number of benzene rings is 2. The molecule has 0 amide bonds. The minimum absolute atomic E-state index is 0.209. The zero-order chi connectivity index (χ0) is 35.9. The monoisotopic (exact) mass is 704 g/mol. The fraction of sp³-hybridized carbons (Fsp3) is 0.357. The van der Waals surface area contributed by atoms with Gasteiger partial charge in [-0.05, 0) is 24.1 Å². The molecule has 0 unspecified atom stereocenters. The average molecular weight is 704 g/mol. The highest BCUT2D eigenvalue weighted by molar-refractivity contribution is 6.13. The van der Waals surface area contributed by atoms with Gasteiger partial charge in [0.2, 0.25) is 0 Å². The zero-order valence-corrected chi connectivity index (χ0v) is 22.7. The lowest BCUT2D eigenvalue weighted by Gasteiger charge is -2.42. The van der Waals surface area contributed by atoms with Crippen molar-refractivity contribution in [3.63, 3.8) is 0 Å². The molecule has 2 aromatic carbocycles. The van der Waals surface area contributed by atoms with Gasteiger partial charge in [0.1, 0.15) is 0 Å². The Bertz CT molecular complexity index is 1530. The van der Waals surface area contributed by atoms with Crippen LogP contribution in [-0.4, -0.2) is 58.3 Å². The molecule has 0 atom stereocenters. The molecule has 0 saturated heterocycles. The third kappa shape index (κ3) is 6.36. The lowest BCUT2D eigenvalue weighted by atomic mass is 9.87. The van der Waals surface area contributed by atoms with Crippen LogP contribution in [0.15, 0.2) is 84.0 Å². The first-order valence-electron chi connectivity index (χ1n) is 12.6. The van der Waals surface area contributed by atoms with Gasteiger partial charge in [-0.1, -0.05) is 60.7 Å². The quantitative estimate of drug-likeness (QED) is 0.136. The number of pyridine rings is 1. The van der Waals surface area contributed by atoms with E-state index in [9.17, 15) is 74.6 Å². The maximum absolute atomic E-state index is 14.3. The van der Waals surface area contributed by atoms with E-state index >= 15 is 0 Å². The standard InChI is InChI=1S/C28H17F17N2/c29-21(30,22(31,32)23(33,34)24(35,36)25(37,38)26(39,40)27(41,42)28(43,44)45)14-13-16-9-11-18(12-10-16)20(17-6-2-1-3-7-17)47-19-8-4-5-15-46-19/h1-12,15H,13-14H2/b47-20+. The SMILES string of the molecule is FC(F)(F)C(F)(F)C(F)(F)C(F)(F)C(F)(F)C(F)(F)C(F)(F)C(F)(F)CCc1ccc(/C(=N/c2ccccn2)c2ccccc2)cc1. The number of aliphatic imine (C=N–C) groups is 1. The van der Waals surface area contributed by atoms with Gasteiger partial charge < -0.3 is 0 Å². The van der Waals surface area contributed by atoms with Crippen LogP contribution < -0.4 is 0 Å². The minimum Gasteiger partial charge on any atom is -0.237 e. The Balaban J connectivity index is 1.90. The van der Waals surface area contributed by atoms with E-state index in [2.05, 4.69) is 9.98 Å². The second kappa shape index (κ2) is 12.3. The Hall–Kier alpha value is -3.93. The molecule has 0 aliphatic rings. The van der Waals surface area contributed by atoms with Crippen LogP contribution in [0.5, 0.6) is 0 Å².